The Morgan fingerprint density at radius 2 is 1.70 bits per heavy atom. The summed E-state index contributed by atoms with van der Waals surface area (Å²) < 4.78 is 26.2. The van der Waals surface area contributed by atoms with Gasteiger partial charge in [0.25, 0.3) is 0 Å². The van der Waals surface area contributed by atoms with Gasteiger partial charge >= 0.3 is 5.97 Å². The van der Waals surface area contributed by atoms with Gasteiger partial charge in [0.1, 0.15) is 23.8 Å². The number of para-hydroxylation sites is 1. The Kier molecular flexibility index (Phi) is 9.24. The van der Waals surface area contributed by atoms with Gasteiger partial charge in [0, 0.05) is 28.4 Å². The SMILES string of the molecule is CCCCCC(Oc1cccc2c1c1ccccc1n2Cc1ccc(OCc2nc(-c3ccccc3)oc2C)c(OC)c1)C(=O)O. The number of hydrogen-bond acceptors (Lipinski definition) is 6. The van der Waals surface area contributed by atoms with E-state index in [4.69, 9.17) is 18.6 Å². The molecule has 0 fully saturated rings. The monoisotopic (exact) mass is 618 g/mol. The number of fused-ring (bicyclic) bond motifs is 3. The Bertz CT molecular complexity index is 1960. The summed E-state index contributed by atoms with van der Waals surface area (Å²) >= 11 is 0. The fourth-order valence-electron chi connectivity index (χ4n) is 5.82. The first-order chi connectivity index (χ1) is 22.5. The number of oxazole rings is 1. The maximum atomic E-state index is 12.1. The quantitative estimate of drug-likeness (QED) is 0.122. The van der Waals surface area contributed by atoms with Gasteiger partial charge in [0.05, 0.1) is 12.6 Å². The molecule has 236 valence electrons. The highest BCUT2D eigenvalue weighted by Gasteiger charge is 2.22. The summed E-state index contributed by atoms with van der Waals surface area (Å²) in [6.45, 7) is 4.79. The van der Waals surface area contributed by atoms with Gasteiger partial charge in [-0.05, 0) is 67.8 Å². The molecule has 0 saturated heterocycles. The van der Waals surface area contributed by atoms with Crippen molar-refractivity contribution in [2.24, 2.45) is 0 Å². The van der Waals surface area contributed by atoms with Crippen LogP contribution in [0.25, 0.3) is 33.3 Å². The number of hydrogen-bond donors (Lipinski definition) is 1. The molecule has 4 aromatic carbocycles. The first-order valence-corrected chi connectivity index (χ1v) is 15.7. The molecule has 0 aliphatic heterocycles. The lowest BCUT2D eigenvalue weighted by Crippen LogP contribution is -2.27. The van der Waals surface area contributed by atoms with Gasteiger partial charge in [-0.3, -0.25) is 0 Å². The van der Waals surface area contributed by atoms with Gasteiger partial charge in [-0.1, -0.05) is 68.3 Å². The summed E-state index contributed by atoms with van der Waals surface area (Å²) in [6, 6.07) is 29.7. The molecule has 0 saturated carbocycles. The molecular weight excluding hydrogens is 580 g/mol. The Hall–Kier alpha value is -5.24. The number of rotatable bonds is 14. The van der Waals surface area contributed by atoms with Crippen molar-refractivity contribution in [2.45, 2.75) is 58.8 Å². The van der Waals surface area contributed by atoms with E-state index in [-0.39, 0.29) is 6.61 Å². The predicted octanol–water partition coefficient (Wildman–Crippen LogP) is 8.81. The number of nitrogens with zero attached hydrogens (tertiary/aromatic N) is 2. The van der Waals surface area contributed by atoms with Crippen molar-refractivity contribution in [2.75, 3.05) is 7.11 Å². The lowest BCUT2D eigenvalue weighted by atomic mass is 10.1. The minimum Gasteiger partial charge on any atom is -0.493 e. The zero-order chi connectivity index (χ0) is 32.0. The summed E-state index contributed by atoms with van der Waals surface area (Å²) in [7, 11) is 1.63. The van der Waals surface area contributed by atoms with Crippen LogP contribution in [0, 0.1) is 6.92 Å². The molecule has 6 rings (SSSR count). The van der Waals surface area contributed by atoms with E-state index in [1.54, 1.807) is 7.11 Å². The molecule has 8 nitrogen and oxygen atoms in total. The Balaban J connectivity index is 1.26. The number of aromatic nitrogens is 2. The molecule has 0 amide bonds. The zero-order valence-corrected chi connectivity index (χ0v) is 26.4. The highest BCUT2D eigenvalue weighted by atomic mass is 16.5. The second-order valence-electron chi connectivity index (χ2n) is 11.4. The summed E-state index contributed by atoms with van der Waals surface area (Å²) in [4.78, 5) is 16.7. The Morgan fingerprint density at radius 3 is 2.48 bits per heavy atom. The van der Waals surface area contributed by atoms with Crippen molar-refractivity contribution >= 4 is 27.8 Å². The van der Waals surface area contributed by atoms with E-state index in [0.717, 1.165) is 57.9 Å². The van der Waals surface area contributed by atoms with E-state index >= 15 is 0 Å². The smallest absolute Gasteiger partial charge is 0.344 e. The van der Waals surface area contributed by atoms with Gasteiger partial charge < -0.3 is 28.3 Å². The molecule has 8 heteroatoms. The van der Waals surface area contributed by atoms with E-state index in [0.29, 0.717) is 41.9 Å². The summed E-state index contributed by atoms with van der Waals surface area (Å²) in [5.74, 6) is 2.13. The number of aliphatic carboxylic acids is 1. The van der Waals surface area contributed by atoms with Crippen molar-refractivity contribution in [3.63, 3.8) is 0 Å². The molecule has 2 heterocycles. The Morgan fingerprint density at radius 1 is 0.913 bits per heavy atom. The van der Waals surface area contributed by atoms with Gasteiger partial charge in [-0.25, -0.2) is 9.78 Å². The molecule has 0 radical (unpaired) electrons. The zero-order valence-electron chi connectivity index (χ0n) is 26.4. The van der Waals surface area contributed by atoms with Crippen LogP contribution in [0.4, 0.5) is 0 Å². The van der Waals surface area contributed by atoms with Gasteiger partial charge in [-0.15, -0.1) is 0 Å². The number of aryl methyl sites for hydroxylation is 1. The maximum absolute atomic E-state index is 12.1. The molecule has 0 bridgehead atoms. The maximum Gasteiger partial charge on any atom is 0.344 e. The van der Waals surface area contributed by atoms with Gasteiger partial charge in [0.2, 0.25) is 5.89 Å². The largest absolute Gasteiger partial charge is 0.493 e. The third-order valence-corrected chi connectivity index (χ3v) is 8.22. The van der Waals surface area contributed by atoms with E-state index in [1.807, 2.05) is 85.8 Å². The third-order valence-electron chi connectivity index (χ3n) is 8.22. The lowest BCUT2D eigenvalue weighted by molar-refractivity contribution is -0.145. The number of carbonyl (C=O) groups is 1. The second-order valence-corrected chi connectivity index (χ2v) is 11.4. The van der Waals surface area contributed by atoms with Crippen LogP contribution in [0.3, 0.4) is 0 Å². The van der Waals surface area contributed by atoms with E-state index < -0.39 is 12.1 Å². The molecule has 1 atom stereocenters. The van der Waals surface area contributed by atoms with Crippen molar-refractivity contribution in [1.29, 1.82) is 0 Å². The van der Waals surface area contributed by atoms with Gasteiger partial charge in [-0.2, -0.15) is 0 Å². The average molecular weight is 619 g/mol. The number of ether oxygens (including phenoxy) is 3. The molecule has 46 heavy (non-hydrogen) atoms. The fraction of sp³-hybridized carbons (Fsp3) is 0.263. The Labute approximate surface area is 268 Å². The molecule has 6 aromatic rings. The predicted molar refractivity (Wildman–Crippen MR) is 179 cm³/mol. The van der Waals surface area contributed by atoms with Crippen LogP contribution in [0.5, 0.6) is 17.2 Å². The topological polar surface area (TPSA) is 96.0 Å². The van der Waals surface area contributed by atoms with Crippen molar-refractivity contribution < 1.29 is 28.5 Å². The molecule has 1 unspecified atom stereocenters. The van der Waals surface area contributed by atoms with Gasteiger partial charge in [0.15, 0.2) is 17.6 Å². The van der Waals surface area contributed by atoms with Crippen LogP contribution in [-0.2, 0) is 17.9 Å². The summed E-state index contributed by atoms with van der Waals surface area (Å²) in [5, 5.41) is 11.8. The van der Waals surface area contributed by atoms with Crippen LogP contribution >= 0.6 is 0 Å². The summed E-state index contributed by atoms with van der Waals surface area (Å²) in [6.07, 6.45) is 2.36. The average Bonchev–Trinajstić information content (AvgIpc) is 3.61. The minimum atomic E-state index is -0.943. The number of benzene rings is 4. The van der Waals surface area contributed by atoms with Crippen molar-refractivity contribution in [3.05, 3.63) is 108 Å². The number of unbranched alkanes of at least 4 members (excludes halogenated alkanes) is 2. The fourth-order valence-corrected chi connectivity index (χ4v) is 5.82. The van der Waals surface area contributed by atoms with Crippen LogP contribution in [0.1, 0.15) is 49.6 Å². The van der Waals surface area contributed by atoms with E-state index in [2.05, 4.69) is 28.6 Å². The standard InChI is InChI=1S/C38H38N2O6/c1-4-5-7-18-34(38(41)42)46-33-19-12-17-31-36(33)28-15-10-11-16-30(28)40(31)23-26-20-21-32(35(22-26)43-3)44-24-29-25(2)45-37(39-29)27-13-8-6-9-14-27/h6,8-17,19-22,34H,4-5,7,18,23-24H2,1-3H3,(H,41,42). The number of carboxylic acids is 1. The number of carboxylic acid groups (broad SMARTS) is 1. The van der Waals surface area contributed by atoms with Crippen LogP contribution in [0.15, 0.2) is 95.4 Å². The normalized spacial score (nSPS) is 12.0. The summed E-state index contributed by atoms with van der Waals surface area (Å²) in [5.41, 5.74) is 4.65. The van der Waals surface area contributed by atoms with Crippen molar-refractivity contribution in [3.8, 4) is 28.7 Å². The first-order valence-electron chi connectivity index (χ1n) is 15.7. The molecule has 0 spiro atoms. The molecule has 2 aromatic heterocycles. The van der Waals surface area contributed by atoms with Crippen LogP contribution in [0.2, 0.25) is 0 Å². The van der Waals surface area contributed by atoms with Crippen LogP contribution < -0.4 is 14.2 Å². The first kappa shape index (κ1) is 30.8. The highest BCUT2D eigenvalue weighted by molar-refractivity contribution is 6.11. The third kappa shape index (κ3) is 6.42. The molecular formula is C38H38N2O6. The van der Waals surface area contributed by atoms with E-state index in [1.165, 1.54) is 0 Å². The highest BCUT2D eigenvalue weighted by Crippen LogP contribution is 2.38. The molecule has 0 aliphatic carbocycles. The lowest BCUT2D eigenvalue weighted by Gasteiger charge is -2.16. The van der Waals surface area contributed by atoms with Crippen molar-refractivity contribution in [1.82, 2.24) is 9.55 Å². The molecule has 0 aliphatic rings. The number of methoxy groups -OCH3 is 1. The minimum absolute atomic E-state index is 0.239. The molecule has 1 N–H and O–H groups in total. The second kappa shape index (κ2) is 13.8. The van der Waals surface area contributed by atoms with Crippen LogP contribution in [-0.4, -0.2) is 33.8 Å². The van der Waals surface area contributed by atoms with E-state index in [9.17, 15) is 9.90 Å².